The number of hydrazone groups is 1. The summed E-state index contributed by atoms with van der Waals surface area (Å²) in [7, 11) is 1.63. The van der Waals surface area contributed by atoms with E-state index in [1.165, 1.54) is 11.8 Å². The molecule has 0 saturated carbocycles. The average molecular weight is 339 g/mol. The molecule has 1 amide bonds. The Hall–Kier alpha value is -2.47. The van der Waals surface area contributed by atoms with Crippen molar-refractivity contribution in [1.82, 2.24) is 5.43 Å². The zero-order valence-corrected chi connectivity index (χ0v) is 14.3. The van der Waals surface area contributed by atoms with E-state index >= 15 is 0 Å². The Morgan fingerprint density at radius 1 is 1.25 bits per heavy atom. The monoisotopic (exact) mass is 339 g/mol. The van der Waals surface area contributed by atoms with E-state index in [-0.39, 0.29) is 5.91 Å². The van der Waals surface area contributed by atoms with Crippen molar-refractivity contribution in [3.63, 3.8) is 0 Å². The fraction of sp³-hybridized carbons (Fsp3) is 0.222. The molecule has 4 rings (SSSR count). The van der Waals surface area contributed by atoms with Crippen LogP contribution in [0.3, 0.4) is 0 Å². The molecule has 0 aromatic heterocycles. The van der Waals surface area contributed by atoms with E-state index in [9.17, 15) is 4.79 Å². The van der Waals surface area contributed by atoms with Crippen molar-refractivity contribution in [1.29, 1.82) is 0 Å². The Labute approximate surface area is 144 Å². The van der Waals surface area contributed by atoms with E-state index in [0.29, 0.717) is 6.54 Å². The lowest BCUT2D eigenvalue weighted by Crippen LogP contribution is -2.44. The predicted molar refractivity (Wildman–Crippen MR) is 96.4 cm³/mol. The smallest absolute Gasteiger partial charge is 0.269 e. The number of likely N-dealkylation sites (N-methyl/N-ethyl adjacent to an activating group) is 1. The van der Waals surface area contributed by atoms with Crippen LogP contribution in [0.15, 0.2) is 53.6 Å². The molecule has 122 valence electrons. The highest BCUT2D eigenvalue weighted by atomic mass is 32.2. The van der Waals surface area contributed by atoms with Crippen molar-refractivity contribution in [3.8, 4) is 5.75 Å². The second-order valence-corrected chi connectivity index (χ2v) is 6.81. The van der Waals surface area contributed by atoms with E-state index in [4.69, 9.17) is 4.74 Å². The molecule has 0 bridgehead atoms. The number of amides is 1. The topological polar surface area (TPSA) is 53.9 Å². The first-order valence-electron chi connectivity index (χ1n) is 7.79. The summed E-state index contributed by atoms with van der Waals surface area (Å²) in [6.07, 6.45) is 0. The molecule has 24 heavy (non-hydrogen) atoms. The van der Waals surface area contributed by atoms with Crippen molar-refractivity contribution < 1.29 is 9.53 Å². The molecule has 1 atom stereocenters. The number of hydrogen-bond donors (Lipinski definition) is 1. The zero-order chi connectivity index (χ0) is 16.7. The molecule has 2 heterocycles. The Morgan fingerprint density at radius 2 is 2.04 bits per heavy atom. The molecule has 0 saturated heterocycles. The van der Waals surface area contributed by atoms with Crippen LogP contribution in [0.25, 0.3) is 0 Å². The Bertz CT molecular complexity index is 837. The van der Waals surface area contributed by atoms with Crippen LogP contribution in [0.4, 0.5) is 5.69 Å². The lowest BCUT2D eigenvalue weighted by atomic mass is 10.1. The second-order valence-electron chi connectivity index (χ2n) is 5.61. The van der Waals surface area contributed by atoms with Crippen molar-refractivity contribution in [3.05, 3.63) is 59.7 Å². The molecule has 6 heteroatoms. The molecule has 1 N–H and O–H groups in total. The fourth-order valence-corrected chi connectivity index (χ4v) is 4.32. The number of methoxy groups -OCH3 is 1. The summed E-state index contributed by atoms with van der Waals surface area (Å²) in [6.45, 7) is 2.59. The molecule has 2 aromatic rings. The Balaban J connectivity index is 1.78. The molecule has 2 aliphatic rings. The average Bonchev–Trinajstić information content (AvgIpc) is 3.18. The lowest BCUT2D eigenvalue weighted by Gasteiger charge is -2.22. The van der Waals surface area contributed by atoms with Gasteiger partial charge in [0, 0.05) is 17.7 Å². The molecule has 2 aliphatic heterocycles. The molecular weight excluding hydrogens is 322 g/mol. The molecule has 0 radical (unpaired) electrons. The summed E-state index contributed by atoms with van der Waals surface area (Å²) in [4.78, 5) is 14.0. The van der Waals surface area contributed by atoms with Crippen LogP contribution < -0.4 is 15.1 Å². The number of rotatable bonds is 3. The van der Waals surface area contributed by atoms with Crippen LogP contribution >= 0.6 is 11.8 Å². The Morgan fingerprint density at radius 3 is 2.75 bits per heavy atom. The third-order valence-electron chi connectivity index (χ3n) is 4.32. The van der Waals surface area contributed by atoms with E-state index in [1.807, 2.05) is 55.5 Å². The molecule has 0 fully saturated rings. The number of hydrogen-bond acceptors (Lipinski definition) is 5. The van der Waals surface area contributed by atoms with Gasteiger partial charge in [0.2, 0.25) is 4.87 Å². The van der Waals surface area contributed by atoms with E-state index in [0.717, 1.165) is 27.6 Å². The van der Waals surface area contributed by atoms with Gasteiger partial charge in [-0.3, -0.25) is 10.2 Å². The van der Waals surface area contributed by atoms with Gasteiger partial charge in [0.15, 0.2) is 0 Å². The van der Waals surface area contributed by atoms with Crippen LogP contribution in [0.2, 0.25) is 0 Å². The van der Waals surface area contributed by atoms with Gasteiger partial charge in [-0.25, -0.2) is 0 Å². The van der Waals surface area contributed by atoms with Crippen LogP contribution in [0, 0.1) is 0 Å². The fourth-order valence-electron chi connectivity index (χ4n) is 3.12. The standard InChI is InChI=1S/C18H17N3O2S/c1-3-21-15-10-9-13(23-2)11-14(15)18(17(21)22)20-19-16(24-18)12-7-5-4-6-8-12/h4-11,20H,3H2,1-2H3. The SMILES string of the molecule is CCN1C(=O)C2(NN=C(c3ccccc3)S2)c2cc(OC)ccc21. The van der Waals surface area contributed by atoms with Crippen molar-refractivity contribution in [2.75, 3.05) is 18.6 Å². The summed E-state index contributed by atoms with van der Waals surface area (Å²) in [5.74, 6) is 0.738. The minimum Gasteiger partial charge on any atom is -0.497 e. The third-order valence-corrected chi connectivity index (χ3v) is 5.63. The first-order valence-corrected chi connectivity index (χ1v) is 8.61. The predicted octanol–water partition coefficient (Wildman–Crippen LogP) is 2.91. The molecule has 2 aromatic carbocycles. The highest BCUT2D eigenvalue weighted by Gasteiger charge is 2.55. The summed E-state index contributed by atoms with van der Waals surface area (Å²) in [5.41, 5.74) is 5.91. The lowest BCUT2D eigenvalue weighted by molar-refractivity contribution is -0.121. The molecule has 5 nitrogen and oxygen atoms in total. The number of nitrogens with zero attached hydrogens (tertiary/aromatic N) is 2. The van der Waals surface area contributed by atoms with Gasteiger partial charge in [0.25, 0.3) is 5.91 Å². The number of anilines is 1. The van der Waals surface area contributed by atoms with Gasteiger partial charge in [-0.1, -0.05) is 42.1 Å². The number of nitrogens with one attached hydrogen (secondary N) is 1. The van der Waals surface area contributed by atoms with E-state index in [1.54, 1.807) is 12.0 Å². The first kappa shape index (κ1) is 15.1. The highest BCUT2D eigenvalue weighted by Crippen LogP contribution is 2.51. The first-order chi connectivity index (χ1) is 11.7. The molecule has 1 spiro atoms. The number of carbonyl (C=O) groups is 1. The van der Waals surface area contributed by atoms with Crippen LogP contribution in [0.1, 0.15) is 18.1 Å². The number of carbonyl (C=O) groups excluding carboxylic acids is 1. The van der Waals surface area contributed by atoms with Crippen molar-refractivity contribution >= 4 is 28.4 Å². The highest BCUT2D eigenvalue weighted by molar-refractivity contribution is 8.16. The van der Waals surface area contributed by atoms with Crippen molar-refractivity contribution in [2.24, 2.45) is 5.10 Å². The van der Waals surface area contributed by atoms with Crippen LogP contribution in [-0.4, -0.2) is 24.6 Å². The normalized spacial score (nSPS) is 21.7. The molecular formula is C18H17N3O2S. The maximum absolute atomic E-state index is 13.1. The minimum atomic E-state index is -0.912. The van der Waals surface area contributed by atoms with Gasteiger partial charge in [-0.05, 0) is 25.1 Å². The number of ether oxygens (including phenoxy) is 1. The van der Waals surface area contributed by atoms with Gasteiger partial charge in [-0.2, -0.15) is 5.10 Å². The summed E-state index contributed by atoms with van der Waals surface area (Å²) < 4.78 is 5.35. The number of thioether (sulfide) groups is 1. The second kappa shape index (κ2) is 5.56. The maximum atomic E-state index is 13.1. The van der Waals surface area contributed by atoms with Crippen LogP contribution in [-0.2, 0) is 9.67 Å². The third kappa shape index (κ3) is 2.03. The van der Waals surface area contributed by atoms with Gasteiger partial charge in [0.05, 0.1) is 12.8 Å². The maximum Gasteiger partial charge on any atom is 0.269 e. The zero-order valence-electron chi connectivity index (χ0n) is 13.4. The van der Waals surface area contributed by atoms with E-state index in [2.05, 4.69) is 10.5 Å². The largest absolute Gasteiger partial charge is 0.497 e. The summed E-state index contributed by atoms with van der Waals surface area (Å²) >= 11 is 1.45. The van der Waals surface area contributed by atoms with Gasteiger partial charge < -0.3 is 9.64 Å². The van der Waals surface area contributed by atoms with Crippen LogP contribution in [0.5, 0.6) is 5.75 Å². The van der Waals surface area contributed by atoms with Gasteiger partial charge >= 0.3 is 0 Å². The van der Waals surface area contributed by atoms with Gasteiger partial charge in [-0.15, -0.1) is 0 Å². The Kier molecular flexibility index (Phi) is 3.49. The van der Waals surface area contributed by atoms with Crippen molar-refractivity contribution in [2.45, 2.75) is 11.8 Å². The minimum absolute atomic E-state index is 0.00735. The quantitative estimate of drug-likeness (QED) is 0.934. The molecule has 0 aliphatic carbocycles. The van der Waals surface area contributed by atoms with Gasteiger partial charge in [0.1, 0.15) is 10.8 Å². The number of benzene rings is 2. The summed E-state index contributed by atoms with van der Waals surface area (Å²) in [6, 6.07) is 15.6. The van der Waals surface area contributed by atoms with E-state index < -0.39 is 4.87 Å². The number of fused-ring (bicyclic) bond motifs is 2. The summed E-state index contributed by atoms with van der Waals surface area (Å²) in [5, 5.41) is 5.27. The molecule has 1 unspecified atom stereocenters.